The third-order valence-electron chi connectivity index (χ3n) is 4.36. The Hall–Kier alpha value is -3.79. The molecule has 2 aliphatic rings. The summed E-state index contributed by atoms with van der Waals surface area (Å²) < 4.78 is 15.6. The minimum atomic E-state index is -0.731. The van der Waals surface area contributed by atoms with Gasteiger partial charge in [-0.2, -0.15) is 0 Å². The van der Waals surface area contributed by atoms with E-state index in [9.17, 15) is 20.0 Å². The summed E-state index contributed by atoms with van der Waals surface area (Å²) in [5.74, 6) is -0.463. The van der Waals surface area contributed by atoms with Gasteiger partial charge in [-0.05, 0) is 31.2 Å². The fourth-order valence-electron chi connectivity index (χ4n) is 2.97. The van der Waals surface area contributed by atoms with E-state index in [0.717, 1.165) is 11.8 Å². The summed E-state index contributed by atoms with van der Waals surface area (Å²) in [6.45, 7) is 1.73. The first-order chi connectivity index (χ1) is 15.0. The van der Waals surface area contributed by atoms with Crippen molar-refractivity contribution < 1.29 is 29.0 Å². The molecule has 31 heavy (non-hydrogen) atoms. The van der Waals surface area contributed by atoms with Crippen LogP contribution in [-0.4, -0.2) is 34.4 Å². The van der Waals surface area contributed by atoms with Crippen molar-refractivity contribution >= 4 is 40.2 Å². The van der Waals surface area contributed by atoms with Gasteiger partial charge in [0.05, 0.1) is 33.8 Å². The molecular weight excluding hydrogens is 424 g/mol. The summed E-state index contributed by atoms with van der Waals surface area (Å²) in [6, 6.07) is 11.6. The zero-order valence-electron chi connectivity index (χ0n) is 16.2. The summed E-state index contributed by atoms with van der Waals surface area (Å²) in [7, 11) is 0. The second-order valence-electron chi connectivity index (χ2n) is 6.33. The van der Waals surface area contributed by atoms with Crippen LogP contribution in [0.25, 0.3) is 6.08 Å². The van der Waals surface area contributed by atoms with Crippen molar-refractivity contribution in [1.82, 2.24) is 0 Å². The molecule has 0 spiro atoms. The zero-order valence-corrected chi connectivity index (χ0v) is 17.0. The average Bonchev–Trinajstić information content (AvgIpc) is 3.32. The molecule has 0 bridgehead atoms. The lowest BCUT2D eigenvalue weighted by atomic mass is 10.1. The third kappa shape index (κ3) is 4.10. The molecule has 2 aromatic rings. The molecule has 10 heteroatoms. The Kier molecular flexibility index (Phi) is 5.63. The Labute approximate surface area is 180 Å². The van der Waals surface area contributed by atoms with Crippen LogP contribution >= 0.6 is 11.8 Å². The van der Waals surface area contributed by atoms with Crippen molar-refractivity contribution in [2.45, 2.75) is 6.92 Å². The van der Waals surface area contributed by atoms with E-state index >= 15 is 0 Å². The first-order valence-electron chi connectivity index (χ1n) is 9.20. The van der Waals surface area contributed by atoms with Crippen molar-refractivity contribution in [3.05, 3.63) is 74.4 Å². The highest BCUT2D eigenvalue weighted by Gasteiger charge is 2.34. The number of esters is 1. The molecule has 0 fully saturated rings. The monoisotopic (exact) mass is 440 g/mol. The smallest absolute Gasteiger partial charge is 0.344 e. The SMILES string of the molecule is CCOC(=O)C1=C(O)/C(=C/c2cc3c(cc2[N+](=O)[O-])OCO3)SC1=Nc1ccccc1. The maximum atomic E-state index is 12.5. The molecule has 0 saturated carbocycles. The highest BCUT2D eigenvalue weighted by molar-refractivity contribution is 8.18. The van der Waals surface area contributed by atoms with Crippen molar-refractivity contribution in [2.75, 3.05) is 13.4 Å². The Bertz CT molecular complexity index is 1160. The maximum Gasteiger partial charge on any atom is 0.344 e. The summed E-state index contributed by atoms with van der Waals surface area (Å²) >= 11 is 1.02. The van der Waals surface area contributed by atoms with Gasteiger partial charge in [0.1, 0.15) is 16.4 Å². The van der Waals surface area contributed by atoms with E-state index in [1.54, 1.807) is 31.2 Å². The van der Waals surface area contributed by atoms with E-state index in [1.807, 2.05) is 6.07 Å². The van der Waals surface area contributed by atoms with Crippen molar-refractivity contribution in [2.24, 2.45) is 4.99 Å². The Morgan fingerprint density at radius 2 is 2.00 bits per heavy atom. The van der Waals surface area contributed by atoms with Gasteiger partial charge in [-0.3, -0.25) is 10.1 Å². The van der Waals surface area contributed by atoms with Crippen LogP contribution in [0.3, 0.4) is 0 Å². The molecule has 2 heterocycles. The van der Waals surface area contributed by atoms with Gasteiger partial charge in [0.15, 0.2) is 11.5 Å². The van der Waals surface area contributed by atoms with E-state index in [4.69, 9.17) is 14.2 Å². The topological polar surface area (TPSA) is 120 Å². The molecule has 1 N–H and O–H groups in total. The van der Waals surface area contributed by atoms with Gasteiger partial charge in [0.2, 0.25) is 6.79 Å². The van der Waals surface area contributed by atoms with Crippen LogP contribution in [0.4, 0.5) is 11.4 Å². The number of hydrogen-bond acceptors (Lipinski definition) is 9. The Morgan fingerprint density at radius 3 is 2.68 bits per heavy atom. The lowest BCUT2D eigenvalue weighted by Gasteiger charge is -2.03. The fourth-order valence-corrected chi connectivity index (χ4v) is 4.00. The van der Waals surface area contributed by atoms with Crippen LogP contribution in [-0.2, 0) is 9.53 Å². The highest BCUT2D eigenvalue weighted by Crippen LogP contribution is 2.43. The molecular formula is C21H16N2O7S. The molecule has 0 unspecified atom stereocenters. The predicted octanol–water partition coefficient (Wildman–Crippen LogP) is 4.52. The molecule has 0 aliphatic carbocycles. The number of nitrogens with zero attached hydrogens (tertiary/aromatic N) is 2. The number of thioether (sulfide) groups is 1. The second kappa shape index (κ2) is 8.52. The van der Waals surface area contributed by atoms with Crippen molar-refractivity contribution in [3.63, 3.8) is 0 Å². The molecule has 9 nitrogen and oxygen atoms in total. The number of carbonyl (C=O) groups is 1. The summed E-state index contributed by atoms with van der Waals surface area (Å²) in [6.07, 6.45) is 1.41. The third-order valence-corrected chi connectivity index (χ3v) is 5.38. The average molecular weight is 440 g/mol. The van der Waals surface area contributed by atoms with E-state index in [-0.39, 0.29) is 51.7 Å². The van der Waals surface area contributed by atoms with Crippen LogP contribution in [0.5, 0.6) is 11.5 Å². The number of aliphatic imine (C=N–C) groups is 1. The van der Waals surface area contributed by atoms with Crippen molar-refractivity contribution in [3.8, 4) is 11.5 Å². The van der Waals surface area contributed by atoms with E-state index in [2.05, 4.69) is 4.99 Å². The molecule has 2 aliphatic heterocycles. The minimum Gasteiger partial charge on any atom is -0.506 e. The number of fused-ring (bicyclic) bond motifs is 1. The van der Waals surface area contributed by atoms with Crippen LogP contribution in [0.2, 0.25) is 0 Å². The molecule has 0 atom stereocenters. The van der Waals surface area contributed by atoms with E-state index in [1.165, 1.54) is 18.2 Å². The van der Waals surface area contributed by atoms with Crippen LogP contribution in [0.1, 0.15) is 12.5 Å². The maximum absolute atomic E-state index is 12.5. The first kappa shape index (κ1) is 20.5. The molecule has 0 radical (unpaired) electrons. The van der Waals surface area contributed by atoms with Crippen LogP contribution in [0.15, 0.2) is 63.7 Å². The summed E-state index contributed by atoms with van der Waals surface area (Å²) in [5.41, 5.74) is 0.448. The number of nitro benzene ring substituents is 1. The number of nitro groups is 1. The van der Waals surface area contributed by atoms with Gasteiger partial charge < -0.3 is 19.3 Å². The summed E-state index contributed by atoms with van der Waals surface area (Å²) in [4.78, 5) is 28.1. The molecule has 0 amide bonds. The van der Waals surface area contributed by atoms with Gasteiger partial charge in [0, 0.05) is 0 Å². The number of carbonyl (C=O) groups excluding carboxylic acids is 1. The Balaban J connectivity index is 1.81. The lowest BCUT2D eigenvalue weighted by molar-refractivity contribution is -0.385. The number of rotatable bonds is 5. The van der Waals surface area contributed by atoms with Gasteiger partial charge in [-0.1, -0.05) is 30.0 Å². The standard InChI is InChI=1S/C21H16N2O7S/c1-2-28-21(25)18-19(24)17(31-20(18)22-13-6-4-3-5-7-13)9-12-8-15-16(30-11-29-15)10-14(12)23(26)27/h3-10,24H,2,11H2,1H3/b17-9-,22-20?. The van der Waals surface area contributed by atoms with Gasteiger partial charge in [0.25, 0.3) is 5.69 Å². The number of hydrogen-bond donors (Lipinski definition) is 1. The van der Waals surface area contributed by atoms with Crippen LogP contribution < -0.4 is 9.47 Å². The molecule has 0 aromatic heterocycles. The van der Waals surface area contributed by atoms with E-state index < -0.39 is 10.9 Å². The zero-order chi connectivity index (χ0) is 22.0. The lowest BCUT2D eigenvalue weighted by Crippen LogP contribution is -2.12. The number of ether oxygens (including phenoxy) is 3. The second-order valence-corrected chi connectivity index (χ2v) is 7.36. The van der Waals surface area contributed by atoms with Gasteiger partial charge in [-0.15, -0.1) is 0 Å². The number of benzene rings is 2. The Morgan fingerprint density at radius 1 is 1.29 bits per heavy atom. The van der Waals surface area contributed by atoms with E-state index in [0.29, 0.717) is 11.4 Å². The minimum absolute atomic E-state index is 0.0344. The molecule has 2 aromatic carbocycles. The molecule has 158 valence electrons. The van der Waals surface area contributed by atoms with Gasteiger partial charge >= 0.3 is 5.97 Å². The summed E-state index contributed by atoms with van der Waals surface area (Å²) in [5, 5.41) is 22.5. The normalized spacial score (nSPS) is 17.5. The number of para-hydroxylation sites is 1. The quantitative estimate of drug-likeness (QED) is 0.409. The highest BCUT2D eigenvalue weighted by atomic mass is 32.2. The molecule has 0 saturated heterocycles. The van der Waals surface area contributed by atoms with Crippen LogP contribution in [0, 0.1) is 10.1 Å². The fraction of sp³-hybridized carbons (Fsp3) is 0.143. The number of aliphatic hydroxyl groups excluding tert-OH is 1. The predicted molar refractivity (Wildman–Crippen MR) is 115 cm³/mol. The molecule has 4 rings (SSSR count). The van der Waals surface area contributed by atoms with Gasteiger partial charge in [-0.25, -0.2) is 9.79 Å². The largest absolute Gasteiger partial charge is 0.506 e. The van der Waals surface area contributed by atoms with Crippen molar-refractivity contribution in [1.29, 1.82) is 0 Å². The first-order valence-corrected chi connectivity index (χ1v) is 10.0. The number of aliphatic hydroxyl groups is 1.